The van der Waals surface area contributed by atoms with E-state index in [0.29, 0.717) is 29.6 Å². The number of methoxy groups -OCH3 is 1. The van der Waals surface area contributed by atoms with Gasteiger partial charge in [-0.05, 0) is 41.5 Å². The van der Waals surface area contributed by atoms with Crippen molar-refractivity contribution in [1.82, 2.24) is 0 Å². The van der Waals surface area contributed by atoms with E-state index in [1.165, 1.54) is 16.5 Å². The van der Waals surface area contributed by atoms with Crippen molar-refractivity contribution in [2.75, 3.05) is 13.8 Å². The molecule has 0 aliphatic carbocycles. The first-order chi connectivity index (χ1) is 15.1. The van der Waals surface area contributed by atoms with Gasteiger partial charge >= 0.3 is 5.63 Å². The molecule has 31 heavy (non-hydrogen) atoms. The van der Waals surface area contributed by atoms with E-state index in [0.717, 1.165) is 34.4 Å². The number of quaternary nitrogens is 1. The molecular weight excluding hydrogens is 414 g/mol. The standard InChI is InChI=1S/C25H20ClNO4/c1-29-18-9-7-16(8-10-18)13-27-14-21-24-20(11-22(26)25(21)30-15-27)19(12-23(28)31-24)17-5-3-2-4-6-17/h2-12H,13-15H2,1H3/p+1. The van der Waals surface area contributed by atoms with Crippen LogP contribution in [0, 0.1) is 0 Å². The predicted molar refractivity (Wildman–Crippen MR) is 120 cm³/mol. The lowest BCUT2D eigenvalue weighted by Crippen LogP contribution is -3.10. The zero-order valence-electron chi connectivity index (χ0n) is 17.0. The highest BCUT2D eigenvalue weighted by molar-refractivity contribution is 6.33. The molecule has 2 heterocycles. The van der Waals surface area contributed by atoms with Gasteiger partial charge in [-0.2, -0.15) is 0 Å². The van der Waals surface area contributed by atoms with Crippen LogP contribution in [0.15, 0.2) is 75.9 Å². The minimum Gasteiger partial charge on any atom is -0.497 e. The van der Waals surface area contributed by atoms with Crippen molar-refractivity contribution < 1.29 is 18.8 Å². The molecule has 1 aliphatic heterocycles. The average Bonchev–Trinajstić information content (AvgIpc) is 2.80. The highest BCUT2D eigenvalue weighted by Crippen LogP contribution is 2.39. The summed E-state index contributed by atoms with van der Waals surface area (Å²) in [5.41, 5.74) is 3.89. The number of fused-ring (bicyclic) bond motifs is 3. The molecule has 156 valence electrons. The maximum atomic E-state index is 12.4. The predicted octanol–water partition coefficient (Wildman–Crippen LogP) is 4.06. The summed E-state index contributed by atoms with van der Waals surface area (Å²) in [6.07, 6.45) is 0. The smallest absolute Gasteiger partial charge is 0.336 e. The fourth-order valence-electron chi connectivity index (χ4n) is 4.10. The van der Waals surface area contributed by atoms with Crippen LogP contribution in [-0.4, -0.2) is 13.8 Å². The quantitative estimate of drug-likeness (QED) is 0.492. The summed E-state index contributed by atoms with van der Waals surface area (Å²) in [5.74, 6) is 1.42. The Labute approximate surface area is 184 Å². The van der Waals surface area contributed by atoms with Gasteiger partial charge in [-0.3, -0.25) is 4.90 Å². The molecule has 1 unspecified atom stereocenters. The zero-order valence-corrected chi connectivity index (χ0v) is 17.7. The molecule has 0 amide bonds. The third-order valence-corrected chi connectivity index (χ3v) is 5.86. The van der Waals surface area contributed by atoms with Crippen LogP contribution in [0.4, 0.5) is 0 Å². The molecule has 0 bridgehead atoms. The first-order valence-electron chi connectivity index (χ1n) is 10.1. The van der Waals surface area contributed by atoms with E-state index in [4.69, 9.17) is 25.5 Å². The number of benzene rings is 3. The van der Waals surface area contributed by atoms with Gasteiger partial charge in [0.15, 0.2) is 11.3 Å². The van der Waals surface area contributed by atoms with Crippen LogP contribution < -0.4 is 20.0 Å². The topological polar surface area (TPSA) is 53.1 Å². The summed E-state index contributed by atoms with van der Waals surface area (Å²) < 4.78 is 16.9. The monoisotopic (exact) mass is 434 g/mol. The third kappa shape index (κ3) is 3.78. The van der Waals surface area contributed by atoms with E-state index in [9.17, 15) is 4.79 Å². The average molecular weight is 435 g/mol. The lowest BCUT2D eigenvalue weighted by atomic mass is 9.99. The molecule has 1 aliphatic rings. The maximum Gasteiger partial charge on any atom is 0.336 e. The van der Waals surface area contributed by atoms with Gasteiger partial charge in [-0.25, -0.2) is 4.79 Å². The summed E-state index contributed by atoms with van der Waals surface area (Å²) in [6.45, 7) is 1.88. The van der Waals surface area contributed by atoms with Crippen molar-refractivity contribution in [2.45, 2.75) is 13.1 Å². The molecule has 4 aromatic rings. The van der Waals surface area contributed by atoms with Crippen molar-refractivity contribution >= 4 is 22.6 Å². The number of nitrogens with one attached hydrogen (secondary N) is 1. The summed E-state index contributed by atoms with van der Waals surface area (Å²) in [5, 5.41) is 1.33. The van der Waals surface area contributed by atoms with E-state index >= 15 is 0 Å². The lowest BCUT2D eigenvalue weighted by Gasteiger charge is -2.27. The van der Waals surface area contributed by atoms with E-state index in [2.05, 4.69) is 0 Å². The van der Waals surface area contributed by atoms with Crippen LogP contribution in [0.2, 0.25) is 5.02 Å². The number of hydrogen-bond acceptors (Lipinski definition) is 4. The number of ether oxygens (including phenoxy) is 2. The van der Waals surface area contributed by atoms with Crippen molar-refractivity contribution in [1.29, 1.82) is 0 Å². The Morgan fingerprint density at radius 1 is 1.06 bits per heavy atom. The van der Waals surface area contributed by atoms with Crippen molar-refractivity contribution in [3.8, 4) is 22.6 Å². The summed E-state index contributed by atoms with van der Waals surface area (Å²) >= 11 is 6.59. The SMILES string of the molecule is COc1ccc(C[NH+]2COc3c(Cl)cc4c(-c5ccccc5)cc(=O)oc4c3C2)cc1. The Kier molecular flexibility index (Phi) is 5.14. The lowest BCUT2D eigenvalue weighted by molar-refractivity contribution is -0.945. The van der Waals surface area contributed by atoms with Crippen molar-refractivity contribution in [2.24, 2.45) is 0 Å². The van der Waals surface area contributed by atoms with Crippen LogP contribution in [0.5, 0.6) is 11.5 Å². The molecule has 5 nitrogen and oxygen atoms in total. The van der Waals surface area contributed by atoms with Crippen LogP contribution in [-0.2, 0) is 13.1 Å². The van der Waals surface area contributed by atoms with Gasteiger partial charge in [0.1, 0.15) is 18.8 Å². The highest BCUT2D eigenvalue weighted by atomic mass is 35.5. The van der Waals surface area contributed by atoms with Gasteiger partial charge in [-0.1, -0.05) is 41.9 Å². The Morgan fingerprint density at radius 3 is 2.58 bits per heavy atom. The number of halogens is 1. The molecule has 0 saturated heterocycles. The summed E-state index contributed by atoms with van der Waals surface area (Å²) in [4.78, 5) is 13.6. The van der Waals surface area contributed by atoms with Gasteiger partial charge < -0.3 is 13.9 Å². The molecule has 5 rings (SSSR count). The van der Waals surface area contributed by atoms with Gasteiger partial charge in [0.25, 0.3) is 0 Å². The second kappa shape index (κ2) is 8.10. The minimum atomic E-state index is -0.391. The highest BCUT2D eigenvalue weighted by Gasteiger charge is 2.28. The largest absolute Gasteiger partial charge is 0.497 e. The zero-order chi connectivity index (χ0) is 21.4. The van der Waals surface area contributed by atoms with Gasteiger partial charge in [0.2, 0.25) is 6.73 Å². The van der Waals surface area contributed by atoms with Crippen LogP contribution >= 0.6 is 11.6 Å². The second-order valence-corrected chi connectivity index (χ2v) is 8.04. The Morgan fingerprint density at radius 2 is 1.84 bits per heavy atom. The molecule has 1 atom stereocenters. The van der Waals surface area contributed by atoms with E-state index in [-0.39, 0.29) is 0 Å². The number of hydrogen-bond donors (Lipinski definition) is 1. The van der Waals surface area contributed by atoms with Crippen LogP contribution in [0.1, 0.15) is 11.1 Å². The molecule has 1 N–H and O–H groups in total. The van der Waals surface area contributed by atoms with E-state index < -0.39 is 5.63 Å². The molecule has 0 saturated carbocycles. The molecule has 0 radical (unpaired) electrons. The molecule has 1 aromatic heterocycles. The fourth-order valence-corrected chi connectivity index (χ4v) is 4.38. The molecular formula is C25H21ClNO4+. The molecule has 3 aromatic carbocycles. The van der Waals surface area contributed by atoms with Gasteiger partial charge in [0.05, 0.1) is 17.7 Å². The Bertz CT molecular complexity index is 1300. The normalized spacial score (nSPS) is 15.4. The van der Waals surface area contributed by atoms with Crippen molar-refractivity contribution in [3.63, 3.8) is 0 Å². The minimum absolute atomic E-state index is 0.391. The van der Waals surface area contributed by atoms with Gasteiger partial charge in [-0.15, -0.1) is 0 Å². The maximum absolute atomic E-state index is 12.4. The van der Waals surface area contributed by atoms with Crippen molar-refractivity contribution in [3.05, 3.63) is 93.3 Å². The van der Waals surface area contributed by atoms with Crippen LogP contribution in [0.3, 0.4) is 0 Å². The summed E-state index contributed by atoms with van der Waals surface area (Å²) in [6, 6.07) is 21.1. The Hall–Kier alpha value is -3.28. The van der Waals surface area contributed by atoms with Gasteiger partial charge in [0, 0.05) is 17.0 Å². The van der Waals surface area contributed by atoms with Crippen LogP contribution in [0.25, 0.3) is 22.1 Å². The second-order valence-electron chi connectivity index (χ2n) is 7.63. The Balaban J connectivity index is 1.57. The molecule has 0 fully saturated rings. The first-order valence-corrected chi connectivity index (χ1v) is 10.4. The first kappa shape index (κ1) is 19.7. The fraction of sp³-hybridized carbons (Fsp3) is 0.160. The number of rotatable bonds is 4. The molecule has 6 heteroatoms. The van der Waals surface area contributed by atoms with E-state index in [1.807, 2.05) is 60.7 Å². The molecule has 0 spiro atoms. The van der Waals surface area contributed by atoms with E-state index in [1.54, 1.807) is 7.11 Å². The summed E-state index contributed by atoms with van der Waals surface area (Å²) in [7, 11) is 1.65. The third-order valence-electron chi connectivity index (χ3n) is 5.58.